The average Bonchev–Trinajstić information content (AvgIpc) is 2.83. The predicted octanol–water partition coefficient (Wildman–Crippen LogP) is 4.38. The Labute approximate surface area is 127 Å². The second-order valence-electron chi connectivity index (χ2n) is 6.89. The molecular formula is C16H29N3S. The number of rotatable bonds is 5. The van der Waals surface area contributed by atoms with Crippen LogP contribution in [-0.2, 0) is 0 Å². The molecule has 4 heteroatoms. The molecule has 114 valence electrons. The van der Waals surface area contributed by atoms with Crippen LogP contribution in [0.25, 0.3) is 0 Å². The van der Waals surface area contributed by atoms with Crippen molar-refractivity contribution < 1.29 is 0 Å². The maximum Gasteiger partial charge on any atom is 0.0829 e. The second-order valence-corrected chi connectivity index (χ2v) is 7.68. The minimum absolute atomic E-state index is 0.447. The van der Waals surface area contributed by atoms with E-state index in [9.17, 15) is 0 Å². The van der Waals surface area contributed by atoms with Crippen LogP contribution >= 0.6 is 11.5 Å². The Morgan fingerprint density at radius 3 is 2.40 bits per heavy atom. The van der Waals surface area contributed by atoms with E-state index in [2.05, 4.69) is 49.5 Å². The van der Waals surface area contributed by atoms with Crippen molar-refractivity contribution in [3.63, 3.8) is 0 Å². The lowest BCUT2D eigenvalue weighted by atomic mass is 9.73. The highest BCUT2D eigenvalue weighted by molar-refractivity contribution is 7.05. The van der Waals surface area contributed by atoms with E-state index in [1.807, 2.05) is 0 Å². The molecule has 2 rings (SSSR count). The van der Waals surface area contributed by atoms with Crippen molar-refractivity contribution in [3.05, 3.63) is 10.6 Å². The van der Waals surface area contributed by atoms with Gasteiger partial charge < -0.3 is 5.32 Å². The summed E-state index contributed by atoms with van der Waals surface area (Å²) >= 11 is 1.60. The lowest BCUT2D eigenvalue weighted by molar-refractivity contribution is 0.178. The minimum Gasteiger partial charge on any atom is -0.309 e. The van der Waals surface area contributed by atoms with Crippen LogP contribution in [-0.4, -0.2) is 16.1 Å². The molecule has 1 aromatic rings. The van der Waals surface area contributed by atoms with Gasteiger partial charge in [-0.1, -0.05) is 39.1 Å². The SMILES string of the molecule is CCNC(c1snnc1C(C)C)C1CC(C)CC(C)C1. The summed E-state index contributed by atoms with van der Waals surface area (Å²) in [7, 11) is 0. The molecule has 0 amide bonds. The van der Waals surface area contributed by atoms with E-state index in [1.165, 1.54) is 29.8 Å². The Morgan fingerprint density at radius 1 is 1.20 bits per heavy atom. The van der Waals surface area contributed by atoms with E-state index in [1.54, 1.807) is 11.5 Å². The Morgan fingerprint density at radius 2 is 1.85 bits per heavy atom. The monoisotopic (exact) mass is 295 g/mol. The van der Waals surface area contributed by atoms with Crippen LogP contribution in [0.5, 0.6) is 0 Å². The number of hydrogen-bond acceptors (Lipinski definition) is 4. The summed E-state index contributed by atoms with van der Waals surface area (Å²) in [4.78, 5) is 1.38. The molecule has 20 heavy (non-hydrogen) atoms. The Balaban J connectivity index is 2.23. The zero-order chi connectivity index (χ0) is 14.7. The highest BCUT2D eigenvalue weighted by atomic mass is 32.1. The van der Waals surface area contributed by atoms with Crippen LogP contribution in [0, 0.1) is 17.8 Å². The van der Waals surface area contributed by atoms with Crippen molar-refractivity contribution in [2.75, 3.05) is 6.54 Å². The molecular weight excluding hydrogens is 266 g/mol. The molecule has 3 atom stereocenters. The van der Waals surface area contributed by atoms with Crippen LogP contribution in [0.1, 0.15) is 76.4 Å². The topological polar surface area (TPSA) is 37.8 Å². The molecule has 0 aliphatic heterocycles. The van der Waals surface area contributed by atoms with Crippen molar-refractivity contribution in [1.82, 2.24) is 14.9 Å². The maximum atomic E-state index is 4.38. The molecule has 1 saturated carbocycles. The molecule has 3 nitrogen and oxygen atoms in total. The van der Waals surface area contributed by atoms with Crippen LogP contribution in [0.2, 0.25) is 0 Å². The fourth-order valence-electron chi connectivity index (χ4n) is 3.80. The molecule has 1 aliphatic carbocycles. The van der Waals surface area contributed by atoms with Gasteiger partial charge >= 0.3 is 0 Å². The third-order valence-corrected chi connectivity index (χ3v) is 5.30. The van der Waals surface area contributed by atoms with Gasteiger partial charge in [0.05, 0.1) is 10.6 Å². The van der Waals surface area contributed by atoms with Gasteiger partial charge in [-0.2, -0.15) is 0 Å². The van der Waals surface area contributed by atoms with Gasteiger partial charge in [-0.25, -0.2) is 0 Å². The van der Waals surface area contributed by atoms with E-state index in [4.69, 9.17) is 0 Å². The summed E-state index contributed by atoms with van der Waals surface area (Å²) in [5, 5.41) is 8.10. The molecule has 0 spiro atoms. The quantitative estimate of drug-likeness (QED) is 0.875. The lowest BCUT2D eigenvalue weighted by Gasteiger charge is -2.36. The fourth-order valence-corrected chi connectivity index (χ4v) is 4.77. The zero-order valence-electron chi connectivity index (χ0n) is 13.5. The summed E-state index contributed by atoms with van der Waals surface area (Å²) < 4.78 is 4.23. The molecule has 0 radical (unpaired) electrons. The second kappa shape index (κ2) is 6.99. The third-order valence-electron chi connectivity index (χ3n) is 4.48. The van der Waals surface area contributed by atoms with Crippen LogP contribution in [0.3, 0.4) is 0 Å². The molecule has 1 N–H and O–H groups in total. The molecule has 3 unspecified atom stereocenters. The molecule has 1 fully saturated rings. The van der Waals surface area contributed by atoms with Crippen molar-refractivity contribution in [2.45, 2.75) is 65.8 Å². The first-order valence-electron chi connectivity index (χ1n) is 8.08. The van der Waals surface area contributed by atoms with Gasteiger partial charge in [0.25, 0.3) is 0 Å². The smallest absolute Gasteiger partial charge is 0.0829 e. The van der Waals surface area contributed by atoms with Crippen LogP contribution in [0.4, 0.5) is 0 Å². The molecule has 0 aromatic carbocycles. The van der Waals surface area contributed by atoms with Gasteiger partial charge in [-0.15, -0.1) is 5.10 Å². The van der Waals surface area contributed by atoms with Crippen LogP contribution < -0.4 is 5.32 Å². The van der Waals surface area contributed by atoms with Crippen molar-refractivity contribution >= 4 is 11.5 Å². The summed E-state index contributed by atoms with van der Waals surface area (Å²) in [6.45, 7) is 12.5. The Hall–Kier alpha value is -0.480. The van der Waals surface area contributed by atoms with Gasteiger partial charge in [-0.05, 0) is 61.0 Å². The maximum absolute atomic E-state index is 4.38. The van der Waals surface area contributed by atoms with Gasteiger partial charge in [-0.3, -0.25) is 0 Å². The Kier molecular flexibility index (Phi) is 5.56. The first-order chi connectivity index (χ1) is 9.52. The van der Waals surface area contributed by atoms with E-state index in [-0.39, 0.29) is 0 Å². The van der Waals surface area contributed by atoms with Crippen molar-refractivity contribution in [3.8, 4) is 0 Å². The van der Waals surface area contributed by atoms with E-state index in [0.717, 1.165) is 24.3 Å². The Bertz CT molecular complexity index is 406. The average molecular weight is 295 g/mol. The lowest BCUT2D eigenvalue weighted by Crippen LogP contribution is -2.33. The summed E-state index contributed by atoms with van der Waals surface area (Å²) in [6, 6.07) is 0.447. The van der Waals surface area contributed by atoms with E-state index >= 15 is 0 Å². The highest BCUT2D eigenvalue weighted by Gasteiger charge is 2.33. The number of hydrogen-bond donors (Lipinski definition) is 1. The standard InChI is InChI=1S/C16H29N3S/c1-6-17-15(13-8-11(4)7-12(5)9-13)16-14(10(2)3)18-19-20-16/h10-13,15,17H,6-9H2,1-5H3. The van der Waals surface area contributed by atoms with Gasteiger partial charge in [0, 0.05) is 6.04 Å². The third kappa shape index (κ3) is 3.59. The zero-order valence-corrected chi connectivity index (χ0v) is 14.3. The first-order valence-corrected chi connectivity index (χ1v) is 8.85. The number of aromatic nitrogens is 2. The largest absolute Gasteiger partial charge is 0.309 e. The van der Waals surface area contributed by atoms with Crippen molar-refractivity contribution in [2.24, 2.45) is 17.8 Å². The fraction of sp³-hybridized carbons (Fsp3) is 0.875. The number of nitrogens with one attached hydrogen (secondary N) is 1. The van der Waals surface area contributed by atoms with Gasteiger partial charge in [0.15, 0.2) is 0 Å². The van der Waals surface area contributed by atoms with Gasteiger partial charge in [0.1, 0.15) is 0 Å². The molecule has 0 bridgehead atoms. The highest BCUT2D eigenvalue weighted by Crippen LogP contribution is 2.42. The molecule has 1 aromatic heterocycles. The molecule has 0 saturated heterocycles. The summed E-state index contributed by atoms with van der Waals surface area (Å²) in [6.07, 6.45) is 4.04. The number of nitrogens with zero attached hydrogens (tertiary/aromatic N) is 2. The molecule has 1 heterocycles. The van der Waals surface area contributed by atoms with Gasteiger partial charge in [0.2, 0.25) is 0 Å². The summed E-state index contributed by atoms with van der Waals surface area (Å²) in [5.41, 5.74) is 1.20. The molecule has 1 aliphatic rings. The summed E-state index contributed by atoms with van der Waals surface area (Å²) in [5.74, 6) is 2.87. The van der Waals surface area contributed by atoms with Crippen molar-refractivity contribution in [1.29, 1.82) is 0 Å². The first kappa shape index (κ1) is 15.9. The van der Waals surface area contributed by atoms with E-state index in [0.29, 0.717) is 12.0 Å². The minimum atomic E-state index is 0.447. The van der Waals surface area contributed by atoms with E-state index < -0.39 is 0 Å². The predicted molar refractivity (Wildman–Crippen MR) is 86.1 cm³/mol. The normalized spacial score (nSPS) is 28.8. The van der Waals surface area contributed by atoms with Crippen LogP contribution in [0.15, 0.2) is 0 Å².